The first kappa shape index (κ1) is 10.1. The monoisotopic (exact) mass is 165 g/mol. The highest BCUT2D eigenvalue weighted by Gasteiger charge is 2.03. The summed E-state index contributed by atoms with van der Waals surface area (Å²) in [6.45, 7) is 4.39. The van der Waals surface area contributed by atoms with E-state index in [0.29, 0.717) is 12.4 Å². The fourth-order valence-electron chi connectivity index (χ4n) is 0.520. The maximum atomic E-state index is 11.0. The predicted octanol–water partition coefficient (Wildman–Crippen LogP) is 0.424. The van der Waals surface area contributed by atoms with Crippen LogP contribution in [0, 0.1) is 0 Å². The van der Waals surface area contributed by atoms with E-state index >= 15 is 0 Å². The van der Waals surface area contributed by atoms with Crippen molar-refractivity contribution in [3.05, 3.63) is 0 Å². The maximum absolute atomic E-state index is 11.0. The van der Waals surface area contributed by atoms with Gasteiger partial charge in [0, 0.05) is 21.8 Å². The van der Waals surface area contributed by atoms with Gasteiger partial charge in [-0.15, -0.1) is 0 Å². The minimum atomic E-state index is -0.709. The molecular weight excluding hydrogens is 150 g/mol. The summed E-state index contributed by atoms with van der Waals surface area (Å²) >= 11 is 0. The van der Waals surface area contributed by atoms with E-state index in [0.717, 1.165) is 6.42 Å². The summed E-state index contributed by atoms with van der Waals surface area (Å²) in [5.74, 6) is 5.48. The Balaban J connectivity index is 3.22. The molecule has 0 saturated heterocycles. The molecule has 0 rings (SSSR count). The summed E-state index contributed by atoms with van der Waals surface area (Å²) < 4.78 is 11.0. The van der Waals surface area contributed by atoms with Crippen LogP contribution in [-0.2, 0) is 15.6 Å². The van der Waals surface area contributed by atoms with Crippen LogP contribution in [0.1, 0.15) is 20.3 Å². The van der Waals surface area contributed by atoms with Gasteiger partial charge in [0.2, 0.25) is 0 Å². The molecule has 0 saturated carbocycles. The Morgan fingerprint density at radius 1 is 1.60 bits per heavy atom. The van der Waals surface area contributed by atoms with Crippen molar-refractivity contribution in [1.29, 1.82) is 0 Å². The van der Waals surface area contributed by atoms with Crippen molar-refractivity contribution in [2.24, 2.45) is 5.90 Å². The van der Waals surface area contributed by atoms with Crippen LogP contribution < -0.4 is 5.90 Å². The first-order valence-electron chi connectivity index (χ1n) is 3.37. The Kier molecular flexibility index (Phi) is 5.87. The van der Waals surface area contributed by atoms with E-state index in [9.17, 15) is 4.21 Å². The van der Waals surface area contributed by atoms with E-state index in [1.807, 2.05) is 13.8 Å². The highest BCUT2D eigenvalue weighted by molar-refractivity contribution is 7.85. The molecule has 0 bridgehead atoms. The average Bonchev–Trinajstić information content (AvgIpc) is 1.88. The molecule has 3 nitrogen and oxygen atoms in total. The molecule has 0 amide bonds. The average molecular weight is 165 g/mol. The standard InChI is InChI=1S/C6H15NO2S/c1-6(2)10(8)5-3-4-9-7/h6H,3-5,7H2,1-2H3. The third-order valence-corrected chi connectivity index (χ3v) is 2.88. The highest BCUT2D eigenvalue weighted by atomic mass is 32.2. The van der Waals surface area contributed by atoms with Gasteiger partial charge in [0.25, 0.3) is 0 Å². The summed E-state index contributed by atoms with van der Waals surface area (Å²) in [5.41, 5.74) is 0. The van der Waals surface area contributed by atoms with Crippen molar-refractivity contribution in [3.8, 4) is 0 Å². The Morgan fingerprint density at radius 3 is 2.60 bits per heavy atom. The molecule has 62 valence electrons. The lowest BCUT2D eigenvalue weighted by Crippen LogP contribution is -2.12. The van der Waals surface area contributed by atoms with Gasteiger partial charge in [-0.3, -0.25) is 4.21 Å². The summed E-state index contributed by atoms with van der Waals surface area (Å²) in [6.07, 6.45) is 0.779. The Labute approximate surface area is 64.3 Å². The van der Waals surface area contributed by atoms with Gasteiger partial charge >= 0.3 is 0 Å². The van der Waals surface area contributed by atoms with Gasteiger partial charge in [-0.2, -0.15) is 0 Å². The van der Waals surface area contributed by atoms with E-state index in [1.165, 1.54) is 0 Å². The molecule has 0 aliphatic carbocycles. The maximum Gasteiger partial charge on any atom is 0.0688 e. The summed E-state index contributed by atoms with van der Waals surface area (Å²) in [6, 6.07) is 0. The summed E-state index contributed by atoms with van der Waals surface area (Å²) in [7, 11) is -0.709. The van der Waals surface area contributed by atoms with Crippen LogP contribution in [0.4, 0.5) is 0 Å². The number of hydrogen-bond donors (Lipinski definition) is 1. The molecular formula is C6H15NO2S. The third-order valence-electron chi connectivity index (χ3n) is 1.13. The fourth-order valence-corrected chi connectivity index (χ4v) is 1.39. The molecule has 1 unspecified atom stereocenters. The zero-order valence-electron chi connectivity index (χ0n) is 6.50. The summed E-state index contributed by atoms with van der Waals surface area (Å²) in [5, 5.41) is 0.248. The topological polar surface area (TPSA) is 52.3 Å². The number of nitrogens with two attached hydrogens (primary N) is 1. The lowest BCUT2D eigenvalue weighted by atomic mass is 10.5. The van der Waals surface area contributed by atoms with Crippen LogP contribution in [0.3, 0.4) is 0 Å². The van der Waals surface area contributed by atoms with Crippen LogP contribution in [0.25, 0.3) is 0 Å². The van der Waals surface area contributed by atoms with Crippen molar-refractivity contribution in [2.75, 3.05) is 12.4 Å². The van der Waals surface area contributed by atoms with Crippen LogP contribution >= 0.6 is 0 Å². The lowest BCUT2D eigenvalue weighted by Gasteiger charge is -2.03. The molecule has 0 aromatic heterocycles. The lowest BCUT2D eigenvalue weighted by molar-refractivity contribution is 0.139. The molecule has 0 aromatic carbocycles. The van der Waals surface area contributed by atoms with E-state index in [-0.39, 0.29) is 5.25 Å². The molecule has 4 heteroatoms. The number of rotatable bonds is 5. The van der Waals surface area contributed by atoms with E-state index < -0.39 is 10.8 Å². The number of hydrogen-bond acceptors (Lipinski definition) is 3. The highest BCUT2D eigenvalue weighted by Crippen LogP contribution is 1.95. The third kappa shape index (κ3) is 4.90. The van der Waals surface area contributed by atoms with E-state index in [1.54, 1.807) is 0 Å². The van der Waals surface area contributed by atoms with Gasteiger partial charge in [-0.25, -0.2) is 5.90 Å². The van der Waals surface area contributed by atoms with Gasteiger partial charge in [-0.05, 0) is 6.42 Å². The van der Waals surface area contributed by atoms with Crippen molar-refractivity contribution >= 4 is 10.8 Å². The van der Waals surface area contributed by atoms with Gasteiger partial charge in [0.05, 0.1) is 6.61 Å². The first-order valence-corrected chi connectivity index (χ1v) is 4.75. The second kappa shape index (κ2) is 5.82. The van der Waals surface area contributed by atoms with Crippen molar-refractivity contribution in [1.82, 2.24) is 0 Å². The Hall–Kier alpha value is 0.0700. The van der Waals surface area contributed by atoms with Gasteiger partial charge in [0.1, 0.15) is 0 Å². The SMILES string of the molecule is CC(C)S(=O)CCCON. The fraction of sp³-hybridized carbons (Fsp3) is 1.00. The first-order chi connectivity index (χ1) is 4.68. The predicted molar refractivity (Wildman–Crippen MR) is 42.9 cm³/mol. The Morgan fingerprint density at radius 2 is 2.20 bits per heavy atom. The van der Waals surface area contributed by atoms with E-state index in [2.05, 4.69) is 4.84 Å². The normalized spacial score (nSPS) is 14.0. The van der Waals surface area contributed by atoms with Gasteiger partial charge in [0.15, 0.2) is 0 Å². The van der Waals surface area contributed by atoms with E-state index in [4.69, 9.17) is 5.90 Å². The smallest absolute Gasteiger partial charge is 0.0688 e. The minimum Gasteiger partial charge on any atom is -0.305 e. The molecule has 0 aromatic rings. The quantitative estimate of drug-likeness (QED) is 0.474. The summed E-state index contributed by atoms with van der Waals surface area (Å²) in [4.78, 5) is 4.34. The minimum absolute atomic E-state index is 0.248. The molecule has 10 heavy (non-hydrogen) atoms. The molecule has 1 atom stereocenters. The van der Waals surface area contributed by atoms with Crippen LogP contribution in [-0.4, -0.2) is 21.8 Å². The zero-order chi connectivity index (χ0) is 7.98. The van der Waals surface area contributed by atoms with Crippen molar-refractivity contribution in [3.63, 3.8) is 0 Å². The van der Waals surface area contributed by atoms with Gasteiger partial charge in [-0.1, -0.05) is 13.8 Å². The van der Waals surface area contributed by atoms with Gasteiger partial charge < -0.3 is 4.84 Å². The second-order valence-corrected chi connectivity index (χ2v) is 4.47. The molecule has 0 aliphatic heterocycles. The van der Waals surface area contributed by atoms with Crippen LogP contribution in [0.5, 0.6) is 0 Å². The van der Waals surface area contributed by atoms with Crippen molar-refractivity contribution in [2.45, 2.75) is 25.5 Å². The molecule has 0 radical (unpaired) electrons. The largest absolute Gasteiger partial charge is 0.305 e. The van der Waals surface area contributed by atoms with Crippen molar-refractivity contribution < 1.29 is 9.05 Å². The zero-order valence-corrected chi connectivity index (χ0v) is 7.32. The molecule has 0 spiro atoms. The molecule has 0 heterocycles. The molecule has 0 aliphatic rings. The second-order valence-electron chi connectivity index (χ2n) is 2.36. The molecule has 2 N–H and O–H groups in total. The molecule has 0 fully saturated rings. The van der Waals surface area contributed by atoms with Crippen LogP contribution in [0.2, 0.25) is 0 Å². The Bertz CT molecular complexity index is 106. The van der Waals surface area contributed by atoms with Crippen LogP contribution in [0.15, 0.2) is 0 Å².